The van der Waals surface area contributed by atoms with Crippen molar-refractivity contribution < 1.29 is 0 Å². The number of alkyl halides is 1. The number of nitrogens with zero attached hydrogens (tertiary/aromatic N) is 4. The summed E-state index contributed by atoms with van der Waals surface area (Å²) >= 11 is 6.32. The quantitative estimate of drug-likeness (QED) is 0.690. The number of rotatable bonds is 3. The molecule has 5 heteroatoms. The third-order valence-electron chi connectivity index (χ3n) is 3.43. The van der Waals surface area contributed by atoms with Crippen molar-refractivity contribution in [2.75, 3.05) is 0 Å². The number of halogens is 1. The smallest absolute Gasteiger partial charge is 0.163 e. The number of hydrogen-bond acceptors (Lipinski definition) is 2. The van der Waals surface area contributed by atoms with Crippen molar-refractivity contribution in [1.29, 1.82) is 0 Å². The number of para-hydroxylation sites is 1. The van der Waals surface area contributed by atoms with Gasteiger partial charge in [-0.15, -0.1) is 11.6 Å². The molecule has 0 aliphatic rings. The Morgan fingerprint density at radius 2 is 1.95 bits per heavy atom. The van der Waals surface area contributed by atoms with Gasteiger partial charge in [0.2, 0.25) is 0 Å². The number of aryl methyl sites for hydroxylation is 2. The summed E-state index contributed by atoms with van der Waals surface area (Å²) in [6, 6.07) is 10.1. The molecule has 104 valence electrons. The van der Waals surface area contributed by atoms with Crippen LogP contribution in [0.1, 0.15) is 30.7 Å². The van der Waals surface area contributed by atoms with Crippen LogP contribution in [0.15, 0.2) is 30.3 Å². The molecule has 0 radical (unpaired) electrons. The average Bonchev–Trinajstić information content (AvgIpc) is 2.98. The second-order valence-electron chi connectivity index (χ2n) is 4.85. The lowest BCUT2D eigenvalue weighted by atomic mass is 10.3. The van der Waals surface area contributed by atoms with Gasteiger partial charge in [0.25, 0.3) is 0 Å². The van der Waals surface area contributed by atoms with Gasteiger partial charge in [0.05, 0.1) is 11.1 Å². The van der Waals surface area contributed by atoms with Crippen LogP contribution in [0.3, 0.4) is 0 Å². The summed E-state index contributed by atoms with van der Waals surface area (Å²) in [6.45, 7) is 4.04. The lowest BCUT2D eigenvalue weighted by Crippen LogP contribution is -2.05. The molecule has 1 atom stereocenters. The second-order valence-corrected chi connectivity index (χ2v) is 5.51. The highest BCUT2D eigenvalue weighted by Gasteiger charge is 2.21. The van der Waals surface area contributed by atoms with Gasteiger partial charge >= 0.3 is 0 Å². The molecule has 0 saturated carbocycles. The van der Waals surface area contributed by atoms with Gasteiger partial charge in [0, 0.05) is 12.7 Å². The lowest BCUT2D eigenvalue weighted by molar-refractivity contribution is 0.738. The molecule has 0 fully saturated rings. The molecule has 0 N–H and O–H groups in total. The first-order chi connectivity index (χ1) is 9.63. The molecule has 0 aliphatic heterocycles. The van der Waals surface area contributed by atoms with E-state index in [4.69, 9.17) is 16.6 Å². The summed E-state index contributed by atoms with van der Waals surface area (Å²) in [4.78, 5) is 4.73. The summed E-state index contributed by atoms with van der Waals surface area (Å²) in [5.74, 6) is 0.857. The summed E-state index contributed by atoms with van der Waals surface area (Å²) in [6.07, 6.45) is 0.860. The monoisotopic (exact) mass is 288 g/mol. The number of hydrogen-bond donors (Lipinski definition) is 0. The summed E-state index contributed by atoms with van der Waals surface area (Å²) in [7, 11) is 1.95. The predicted octanol–water partition coefficient (Wildman–Crippen LogP) is 3.62. The molecule has 2 heterocycles. The fraction of sp³-hybridized carbons (Fsp3) is 0.333. The molecule has 3 aromatic rings. The van der Waals surface area contributed by atoms with Crippen LogP contribution in [0, 0.1) is 0 Å². The van der Waals surface area contributed by atoms with Crippen molar-refractivity contribution in [3.8, 4) is 5.69 Å². The molecule has 4 nitrogen and oxygen atoms in total. The Morgan fingerprint density at radius 3 is 2.55 bits per heavy atom. The molecule has 0 amide bonds. The van der Waals surface area contributed by atoms with Crippen LogP contribution >= 0.6 is 11.6 Å². The maximum Gasteiger partial charge on any atom is 0.163 e. The fourth-order valence-corrected chi connectivity index (χ4v) is 2.68. The standard InChI is InChI=1S/C15H17ClN4/c1-4-12-13-15(19(3)18-12)20(14(17-13)10(2)16)11-8-6-5-7-9-11/h5-10H,4H2,1-3H3. The first-order valence-corrected chi connectivity index (χ1v) is 7.20. The normalized spacial score (nSPS) is 13.0. The molecular weight excluding hydrogens is 272 g/mol. The molecular formula is C15H17ClN4. The number of benzene rings is 1. The summed E-state index contributed by atoms with van der Waals surface area (Å²) in [5, 5.41) is 4.39. The zero-order chi connectivity index (χ0) is 14.3. The van der Waals surface area contributed by atoms with E-state index in [9.17, 15) is 0 Å². The minimum absolute atomic E-state index is 0.160. The van der Waals surface area contributed by atoms with Gasteiger partial charge in [0.15, 0.2) is 5.65 Å². The van der Waals surface area contributed by atoms with Gasteiger partial charge in [-0.3, -0.25) is 4.57 Å². The Morgan fingerprint density at radius 1 is 1.25 bits per heavy atom. The Kier molecular flexibility index (Phi) is 3.26. The Bertz CT molecular complexity index is 740. The van der Waals surface area contributed by atoms with Crippen molar-refractivity contribution in [3.05, 3.63) is 41.9 Å². The maximum atomic E-state index is 6.32. The molecule has 2 aromatic heterocycles. The third-order valence-corrected chi connectivity index (χ3v) is 3.63. The number of imidazole rings is 1. The van der Waals surface area contributed by atoms with Gasteiger partial charge in [-0.05, 0) is 25.5 Å². The van der Waals surface area contributed by atoms with E-state index < -0.39 is 0 Å². The highest BCUT2D eigenvalue weighted by Crippen LogP contribution is 2.29. The highest BCUT2D eigenvalue weighted by molar-refractivity contribution is 6.20. The zero-order valence-electron chi connectivity index (χ0n) is 11.8. The molecule has 3 rings (SSSR count). The van der Waals surface area contributed by atoms with E-state index in [-0.39, 0.29) is 5.38 Å². The number of aromatic nitrogens is 4. The maximum absolute atomic E-state index is 6.32. The molecule has 0 bridgehead atoms. The van der Waals surface area contributed by atoms with Crippen LogP contribution in [-0.2, 0) is 13.5 Å². The fourth-order valence-electron chi connectivity index (χ4n) is 2.53. The van der Waals surface area contributed by atoms with E-state index in [1.54, 1.807) is 0 Å². The van der Waals surface area contributed by atoms with Crippen molar-refractivity contribution in [3.63, 3.8) is 0 Å². The minimum atomic E-state index is -0.160. The third kappa shape index (κ3) is 1.91. The molecule has 1 unspecified atom stereocenters. The largest absolute Gasteiger partial charge is 0.280 e. The Balaban J connectivity index is 2.38. The first-order valence-electron chi connectivity index (χ1n) is 6.77. The van der Waals surface area contributed by atoms with Crippen molar-refractivity contribution in [2.24, 2.45) is 7.05 Å². The van der Waals surface area contributed by atoms with Gasteiger partial charge < -0.3 is 0 Å². The van der Waals surface area contributed by atoms with Crippen LogP contribution in [0.2, 0.25) is 0 Å². The van der Waals surface area contributed by atoms with Gasteiger partial charge in [-0.1, -0.05) is 25.1 Å². The molecule has 1 aromatic carbocycles. The van der Waals surface area contributed by atoms with Crippen LogP contribution in [0.25, 0.3) is 16.9 Å². The van der Waals surface area contributed by atoms with E-state index in [1.165, 1.54) is 0 Å². The Labute approximate surface area is 123 Å². The van der Waals surface area contributed by atoms with Crippen LogP contribution in [0.4, 0.5) is 0 Å². The SMILES string of the molecule is CCc1nn(C)c2c1nc(C(C)Cl)n2-c1ccccc1. The van der Waals surface area contributed by atoms with E-state index >= 15 is 0 Å². The number of fused-ring (bicyclic) bond motifs is 1. The van der Waals surface area contributed by atoms with Gasteiger partial charge in [-0.2, -0.15) is 5.10 Å². The summed E-state index contributed by atoms with van der Waals surface area (Å²) < 4.78 is 3.98. The van der Waals surface area contributed by atoms with E-state index in [0.717, 1.165) is 34.8 Å². The molecule has 0 aliphatic carbocycles. The Hall–Kier alpha value is -1.81. The topological polar surface area (TPSA) is 35.6 Å². The van der Waals surface area contributed by atoms with Gasteiger partial charge in [-0.25, -0.2) is 9.67 Å². The van der Waals surface area contributed by atoms with E-state index in [0.29, 0.717) is 0 Å². The zero-order valence-corrected chi connectivity index (χ0v) is 12.6. The van der Waals surface area contributed by atoms with Crippen molar-refractivity contribution in [2.45, 2.75) is 25.6 Å². The van der Waals surface area contributed by atoms with E-state index in [2.05, 4.69) is 28.7 Å². The second kappa shape index (κ2) is 4.94. The predicted molar refractivity (Wildman–Crippen MR) is 81.5 cm³/mol. The van der Waals surface area contributed by atoms with Gasteiger partial charge in [0.1, 0.15) is 11.3 Å². The highest BCUT2D eigenvalue weighted by atomic mass is 35.5. The lowest BCUT2D eigenvalue weighted by Gasteiger charge is -2.10. The van der Waals surface area contributed by atoms with Crippen molar-refractivity contribution >= 4 is 22.8 Å². The average molecular weight is 289 g/mol. The van der Waals surface area contributed by atoms with Crippen LogP contribution < -0.4 is 0 Å². The molecule has 20 heavy (non-hydrogen) atoms. The van der Waals surface area contributed by atoms with E-state index in [1.807, 2.05) is 36.9 Å². The first kappa shape index (κ1) is 13.2. The van der Waals surface area contributed by atoms with Crippen LogP contribution in [0.5, 0.6) is 0 Å². The minimum Gasteiger partial charge on any atom is -0.280 e. The van der Waals surface area contributed by atoms with Crippen molar-refractivity contribution in [1.82, 2.24) is 19.3 Å². The molecule has 0 saturated heterocycles. The molecule has 0 spiro atoms. The van der Waals surface area contributed by atoms with Crippen LogP contribution in [-0.4, -0.2) is 19.3 Å². The summed E-state index contributed by atoms with van der Waals surface area (Å²) in [5.41, 5.74) is 4.01.